The average molecular weight is 219 g/mol. The summed E-state index contributed by atoms with van der Waals surface area (Å²) in [5.41, 5.74) is 2.15. The molecular formula is C11H13N3O2. The molecule has 0 amide bonds. The third kappa shape index (κ3) is 2.13. The van der Waals surface area contributed by atoms with Gasteiger partial charge in [-0.15, -0.1) is 0 Å². The standard InChI is InChI=1S/C11H13N3O2/c1-9-2-4-10(5-3-9)13-7-6-12-11(13)8-14(15)16/h2-5,8,12H,6-7H2,1H3. The van der Waals surface area contributed by atoms with Crippen molar-refractivity contribution >= 4 is 5.69 Å². The van der Waals surface area contributed by atoms with Crippen molar-refractivity contribution in [2.75, 3.05) is 18.0 Å². The maximum Gasteiger partial charge on any atom is 0.274 e. The molecule has 0 aromatic heterocycles. The zero-order chi connectivity index (χ0) is 11.5. The van der Waals surface area contributed by atoms with Gasteiger partial charge in [0.15, 0.2) is 5.82 Å². The summed E-state index contributed by atoms with van der Waals surface area (Å²) in [6.45, 7) is 3.50. The maximum absolute atomic E-state index is 10.4. The molecule has 0 bridgehead atoms. The van der Waals surface area contributed by atoms with E-state index in [1.54, 1.807) is 0 Å². The first-order valence-corrected chi connectivity index (χ1v) is 5.10. The van der Waals surface area contributed by atoms with Gasteiger partial charge < -0.3 is 10.2 Å². The number of anilines is 1. The van der Waals surface area contributed by atoms with Crippen LogP contribution in [0.2, 0.25) is 0 Å². The van der Waals surface area contributed by atoms with Crippen molar-refractivity contribution < 1.29 is 4.92 Å². The summed E-state index contributed by atoms with van der Waals surface area (Å²) < 4.78 is 0. The second-order valence-corrected chi connectivity index (χ2v) is 3.71. The van der Waals surface area contributed by atoms with Gasteiger partial charge in [0.2, 0.25) is 0 Å². The first kappa shape index (κ1) is 10.5. The number of hydrogen-bond acceptors (Lipinski definition) is 4. The van der Waals surface area contributed by atoms with Crippen molar-refractivity contribution in [3.63, 3.8) is 0 Å². The minimum absolute atomic E-state index is 0.436. The van der Waals surface area contributed by atoms with Gasteiger partial charge in [0.25, 0.3) is 6.20 Å². The van der Waals surface area contributed by atoms with E-state index in [-0.39, 0.29) is 0 Å². The molecule has 0 atom stereocenters. The number of nitrogens with zero attached hydrogens (tertiary/aromatic N) is 2. The zero-order valence-electron chi connectivity index (χ0n) is 9.01. The van der Waals surface area contributed by atoms with Gasteiger partial charge in [-0.25, -0.2) is 0 Å². The second kappa shape index (κ2) is 4.22. The van der Waals surface area contributed by atoms with Crippen molar-refractivity contribution in [3.8, 4) is 0 Å². The maximum atomic E-state index is 10.4. The first-order chi connectivity index (χ1) is 7.66. The highest BCUT2D eigenvalue weighted by molar-refractivity contribution is 5.53. The fraction of sp³-hybridized carbons (Fsp3) is 0.273. The lowest BCUT2D eigenvalue weighted by atomic mass is 10.2. The summed E-state index contributed by atoms with van der Waals surface area (Å²) in [6.07, 6.45) is 1.01. The van der Waals surface area contributed by atoms with E-state index in [0.717, 1.165) is 25.0 Å². The fourth-order valence-electron chi connectivity index (χ4n) is 1.72. The van der Waals surface area contributed by atoms with E-state index in [9.17, 15) is 10.1 Å². The van der Waals surface area contributed by atoms with E-state index in [4.69, 9.17) is 0 Å². The molecule has 1 aromatic carbocycles. The smallest absolute Gasteiger partial charge is 0.274 e. The van der Waals surface area contributed by atoms with E-state index >= 15 is 0 Å². The summed E-state index contributed by atoms with van der Waals surface area (Å²) in [7, 11) is 0. The molecule has 0 radical (unpaired) electrons. The highest BCUT2D eigenvalue weighted by Gasteiger charge is 2.20. The van der Waals surface area contributed by atoms with E-state index < -0.39 is 4.92 Å². The molecule has 0 spiro atoms. The minimum Gasteiger partial charge on any atom is -0.365 e. The Kier molecular flexibility index (Phi) is 2.76. The molecule has 0 saturated carbocycles. The molecule has 1 aliphatic rings. The van der Waals surface area contributed by atoms with Crippen molar-refractivity contribution in [1.29, 1.82) is 0 Å². The van der Waals surface area contributed by atoms with E-state index in [1.165, 1.54) is 5.56 Å². The van der Waals surface area contributed by atoms with Crippen LogP contribution in [0.25, 0.3) is 0 Å². The molecular weight excluding hydrogens is 206 g/mol. The molecule has 5 nitrogen and oxygen atoms in total. The van der Waals surface area contributed by atoms with E-state index in [2.05, 4.69) is 5.32 Å². The van der Waals surface area contributed by atoms with E-state index in [1.807, 2.05) is 36.1 Å². The zero-order valence-corrected chi connectivity index (χ0v) is 9.01. The van der Waals surface area contributed by atoms with E-state index in [0.29, 0.717) is 5.82 Å². The number of aryl methyl sites for hydroxylation is 1. The van der Waals surface area contributed by atoms with Crippen LogP contribution in [0.1, 0.15) is 5.56 Å². The minimum atomic E-state index is -0.436. The lowest BCUT2D eigenvalue weighted by Crippen LogP contribution is -2.20. The van der Waals surface area contributed by atoms with Crippen molar-refractivity contribution in [1.82, 2.24) is 5.32 Å². The van der Waals surface area contributed by atoms with Gasteiger partial charge >= 0.3 is 0 Å². The van der Waals surface area contributed by atoms with Crippen molar-refractivity contribution in [2.24, 2.45) is 0 Å². The lowest BCUT2D eigenvalue weighted by Gasteiger charge is -2.17. The van der Waals surface area contributed by atoms with Crippen molar-refractivity contribution in [3.05, 3.63) is 52.0 Å². The molecule has 0 unspecified atom stereocenters. The SMILES string of the molecule is Cc1ccc(N2CCNC2=C[N+](=O)[O-])cc1. The molecule has 0 aliphatic carbocycles. The lowest BCUT2D eigenvalue weighted by molar-refractivity contribution is -0.403. The van der Waals surface area contributed by atoms with Crippen LogP contribution in [0.3, 0.4) is 0 Å². The molecule has 1 aliphatic heterocycles. The van der Waals surface area contributed by atoms with Crippen LogP contribution in [-0.2, 0) is 0 Å². The van der Waals surface area contributed by atoms with Crippen LogP contribution in [0, 0.1) is 17.0 Å². The predicted molar refractivity (Wildman–Crippen MR) is 61.6 cm³/mol. The van der Waals surface area contributed by atoms with Crippen LogP contribution < -0.4 is 10.2 Å². The Bertz CT molecular complexity index is 425. The Morgan fingerprint density at radius 1 is 1.44 bits per heavy atom. The molecule has 1 N–H and O–H groups in total. The first-order valence-electron chi connectivity index (χ1n) is 5.10. The van der Waals surface area contributed by atoms with Crippen LogP contribution >= 0.6 is 0 Å². The summed E-state index contributed by atoms with van der Waals surface area (Å²) in [5.74, 6) is 0.550. The summed E-state index contributed by atoms with van der Waals surface area (Å²) in [6, 6.07) is 7.93. The number of nitrogens with one attached hydrogen (secondary N) is 1. The van der Waals surface area contributed by atoms with Gasteiger partial charge in [-0.2, -0.15) is 0 Å². The average Bonchev–Trinajstić information content (AvgIpc) is 2.66. The summed E-state index contributed by atoms with van der Waals surface area (Å²) in [5, 5.41) is 13.4. The van der Waals surface area contributed by atoms with Gasteiger partial charge in [-0.3, -0.25) is 10.1 Å². The quantitative estimate of drug-likeness (QED) is 0.604. The highest BCUT2D eigenvalue weighted by atomic mass is 16.6. The third-order valence-electron chi connectivity index (χ3n) is 2.51. The molecule has 1 fully saturated rings. The second-order valence-electron chi connectivity index (χ2n) is 3.71. The third-order valence-corrected chi connectivity index (χ3v) is 2.51. The van der Waals surface area contributed by atoms with Crippen molar-refractivity contribution in [2.45, 2.75) is 6.92 Å². The summed E-state index contributed by atoms with van der Waals surface area (Å²) >= 11 is 0. The highest BCUT2D eigenvalue weighted by Crippen LogP contribution is 2.20. The van der Waals surface area contributed by atoms with Gasteiger partial charge in [0.1, 0.15) is 0 Å². The Morgan fingerprint density at radius 2 is 2.12 bits per heavy atom. The molecule has 16 heavy (non-hydrogen) atoms. The Morgan fingerprint density at radius 3 is 2.75 bits per heavy atom. The molecule has 1 saturated heterocycles. The van der Waals surface area contributed by atoms with Gasteiger partial charge in [0, 0.05) is 18.8 Å². The van der Waals surface area contributed by atoms with Crippen LogP contribution in [0.15, 0.2) is 36.3 Å². The Balaban J connectivity index is 2.26. The number of hydrogen-bond donors (Lipinski definition) is 1. The van der Waals surface area contributed by atoms with Crippen LogP contribution in [0.5, 0.6) is 0 Å². The topological polar surface area (TPSA) is 58.4 Å². The largest absolute Gasteiger partial charge is 0.365 e. The summed E-state index contributed by atoms with van der Waals surface area (Å²) in [4.78, 5) is 11.9. The molecule has 1 aromatic rings. The monoisotopic (exact) mass is 219 g/mol. The predicted octanol–water partition coefficient (Wildman–Crippen LogP) is 1.48. The Labute approximate surface area is 93.5 Å². The molecule has 1 heterocycles. The van der Waals surface area contributed by atoms with Crippen LogP contribution in [0.4, 0.5) is 5.69 Å². The number of rotatable bonds is 2. The Hall–Kier alpha value is -2.04. The number of nitro groups is 1. The van der Waals surface area contributed by atoms with Crippen LogP contribution in [-0.4, -0.2) is 18.0 Å². The van der Waals surface area contributed by atoms with Gasteiger partial charge in [-0.1, -0.05) is 17.7 Å². The molecule has 5 heteroatoms. The normalized spacial score (nSPS) is 17.6. The number of benzene rings is 1. The van der Waals surface area contributed by atoms with Gasteiger partial charge in [-0.05, 0) is 19.1 Å². The fourth-order valence-corrected chi connectivity index (χ4v) is 1.72. The molecule has 84 valence electrons. The van der Waals surface area contributed by atoms with Gasteiger partial charge in [0.05, 0.1) is 4.92 Å². The molecule has 2 rings (SSSR count).